The molecule has 0 unspecified atom stereocenters. The predicted octanol–water partition coefficient (Wildman–Crippen LogP) is 3.17. The van der Waals surface area contributed by atoms with Gasteiger partial charge in [-0.1, -0.05) is 18.2 Å². The van der Waals surface area contributed by atoms with Crippen LogP contribution in [-0.2, 0) is 9.53 Å². The average molecular weight is 422 g/mol. The van der Waals surface area contributed by atoms with Crippen LogP contribution >= 0.6 is 0 Å². The van der Waals surface area contributed by atoms with Crippen LogP contribution in [0.1, 0.15) is 38.5 Å². The fourth-order valence-electron chi connectivity index (χ4n) is 4.54. The molecule has 2 aliphatic rings. The highest BCUT2D eigenvalue weighted by atomic mass is 19.1. The third-order valence-corrected chi connectivity index (χ3v) is 6.12. The number of aliphatic carboxylic acids is 1. The monoisotopic (exact) mass is 422 g/mol. The molecule has 7 heteroatoms. The normalized spacial score (nSPS) is 30.0. The molecule has 2 fully saturated rings. The first-order valence-electron chi connectivity index (χ1n) is 10.7. The number of benzene rings is 1. The van der Waals surface area contributed by atoms with Gasteiger partial charge in [-0.25, -0.2) is 4.39 Å². The molecule has 0 radical (unpaired) electrons. The van der Waals surface area contributed by atoms with Crippen molar-refractivity contribution in [3.05, 3.63) is 42.2 Å². The fourth-order valence-corrected chi connectivity index (χ4v) is 4.54. The van der Waals surface area contributed by atoms with Crippen molar-refractivity contribution in [2.24, 2.45) is 17.8 Å². The Morgan fingerprint density at radius 2 is 2.20 bits per heavy atom. The molecular weight excluding hydrogens is 391 g/mol. The molecule has 1 aliphatic carbocycles. The van der Waals surface area contributed by atoms with E-state index in [-0.39, 0.29) is 31.0 Å². The molecule has 1 aromatic rings. The molecule has 166 valence electrons. The summed E-state index contributed by atoms with van der Waals surface area (Å²) in [6.07, 6.45) is 6.18. The van der Waals surface area contributed by atoms with Gasteiger partial charge in [0.1, 0.15) is 24.3 Å². The Hall–Kier alpha value is -1.96. The molecule has 1 aliphatic heterocycles. The summed E-state index contributed by atoms with van der Waals surface area (Å²) in [5.41, 5.74) is 0. The number of aliphatic hydroxyl groups is 2. The quantitative estimate of drug-likeness (QED) is 0.529. The predicted molar refractivity (Wildman–Crippen MR) is 109 cm³/mol. The molecule has 3 rings (SSSR count). The van der Waals surface area contributed by atoms with Gasteiger partial charge in [0.05, 0.1) is 12.2 Å². The highest BCUT2D eigenvalue weighted by Crippen LogP contribution is 2.42. The van der Waals surface area contributed by atoms with Gasteiger partial charge < -0.3 is 24.8 Å². The second-order valence-corrected chi connectivity index (χ2v) is 8.37. The Morgan fingerprint density at radius 1 is 1.37 bits per heavy atom. The topological polar surface area (TPSA) is 96.2 Å². The summed E-state index contributed by atoms with van der Waals surface area (Å²) in [5, 5.41) is 29.5. The van der Waals surface area contributed by atoms with Crippen LogP contribution in [0, 0.1) is 23.6 Å². The van der Waals surface area contributed by atoms with E-state index in [1.54, 1.807) is 18.2 Å². The maximum Gasteiger partial charge on any atom is 0.303 e. The molecule has 1 saturated carbocycles. The van der Waals surface area contributed by atoms with Crippen molar-refractivity contribution in [1.82, 2.24) is 0 Å². The standard InChI is InChI=1S/C23H31FO6/c24-16-4-2-5-18(11-16)29-14-17(25)8-10-19-20-9-7-15(3-1-6-23(27)28)13-30-22(20)12-21(19)26/h2,4-5,8,10-11,15,17,19-22,25-26H,1,3,6-7,9,12-14H2,(H,27,28)/b10-8+/t15-,17+,19+,20+,21+,22-/m0/s1. The van der Waals surface area contributed by atoms with Gasteiger partial charge in [0.2, 0.25) is 0 Å². The van der Waals surface area contributed by atoms with Crippen molar-refractivity contribution in [2.75, 3.05) is 13.2 Å². The average Bonchev–Trinajstić information content (AvgIpc) is 2.86. The zero-order valence-electron chi connectivity index (χ0n) is 17.0. The maximum atomic E-state index is 13.2. The largest absolute Gasteiger partial charge is 0.490 e. The molecule has 0 aromatic heterocycles. The molecule has 30 heavy (non-hydrogen) atoms. The summed E-state index contributed by atoms with van der Waals surface area (Å²) in [6, 6.07) is 5.76. The SMILES string of the molecule is O=C(O)CCC[C@H]1CC[C@@H]2[C@@H](/C=C/[C@@H](O)COc3cccc(F)c3)[C@H](O)C[C@@H]2OC1. The number of hydrogen-bond donors (Lipinski definition) is 3. The summed E-state index contributed by atoms with van der Waals surface area (Å²) in [7, 11) is 0. The molecule has 1 heterocycles. The summed E-state index contributed by atoms with van der Waals surface area (Å²) in [6.45, 7) is 0.604. The molecule has 0 amide bonds. The van der Waals surface area contributed by atoms with Crippen LogP contribution in [0.15, 0.2) is 36.4 Å². The van der Waals surface area contributed by atoms with E-state index in [0.29, 0.717) is 31.1 Å². The van der Waals surface area contributed by atoms with E-state index in [1.165, 1.54) is 12.1 Å². The zero-order valence-corrected chi connectivity index (χ0v) is 17.0. The van der Waals surface area contributed by atoms with Crippen LogP contribution in [0.3, 0.4) is 0 Å². The number of hydrogen-bond acceptors (Lipinski definition) is 5. The van der Waals surface area contributed by atoms with E-state index in [9.17, 15) is 19.4 Å². The second-order valence-electron chi connectivity index (χ2n) is 8.37. The Labute approximate surface area is 176 Å². The Bertz CT molecular complexity index is 723. The molecule has 6 atom stereocenters. The van der Waals surface area contributed by atoms with Gasteiger partial charge >= 0.3 is 5.97 Å². The number of carbonyl (C=O) groups is 1. The van der Waals surface area contributed by atoms with E-state index < -0.39 is 24.0 Å². The number of aliphatic hydroxyl groups excluding tert-OH is 2. The molecule has 3 N–H and O–H groups in total. The molecule has 6 nitrogen and oxygen atoms in total. The maximum absolute atomic E-state index is 13.2. The fraction of sp³-hybridized carbons (Fsp3) is 0.609. The van der Waals surface area contributed by atoms with E-state index in [1.807, 2.05) is 6.08 Å². The summed E-state index contributed by atoms with van der Waals surface area (Å²) >= 11 is 0. The Kier molecular flexibility index (Phi) is 8.24. The van der Waals surface area contributed by atoms with Gasteiger partial charge in [-0.2, -0.15) is 0 Å². The van der Waals surface area contributed by atoms with Crippen LogP contribution < -0.4 is 4.74 Å². The first-order valence-corrected chi connectivity index (χ1v) is 10.7. The summed E-state index contributed by atoms with van der Waals surface area (Å²) in [4.78, 5) is 10.7. The van der Waals surface area contributed by atoms with Gasteiger partial charge in [-0.15, -0.1) is 0 Å². The minimum absolute atomic E-state index is 0.000977. The highest BCUT2D eigenvalue weighted by molar-refractivity contribution is 5.66. The van der Waals surface area contributed by atoms with Gasteiger partial charge in [-0.3, -0.25) is 4.79 Å². The molecule has 0 spiro atoms. The molecule has 1 aromatic carbocycles. The third kappa shape index (κ3) is 6.52. The Balaban J connectivity index is 1.49. The van der Waals surface area contributed by atoms with E-state index >= 15 is 0 Å². The number of halogens is 1. The van der Waals surface area contributed by atoms with Crippen molar-refractivity contribution < 1.29 is 34.0 Å². The summed E-state index contributed by atoms with van der Waals surface area (Å²) < 4.78 is 24.7. The van der Waals surface area contributed by atoms with Gasteiger partial charge in [0, 0.05) is 31.4 Å². The number of ether oxygens (including phenoxy) is 2. The third-order valence-electron chi connectivity index (χ3n) is 6.12. The number of carboxylic acid groups (broad SMARTS) is 1. The van der Waals surface area contributed by atoms with Gasteiger partial charge in [-0.05, 0) is 49.7 Å². The van der Waals surface area contributed by atoms with Gasteiger partial charge in [0.15, 0.2) is 0 Å². The van der Waals surface area contributed by atoms with E-state index in [0.717, 1.165) is 19.3 Å². The van der Waals surface area contributed by atoms with E-state index in [4.69, 9.17) is 14.6 Å². The minimum Gasteiger partial charge on any atom is -0.490 e. The first kappa shape index (κ1) is 22.7. The van der Waals surface area contributed by atoms with Crippen molar-refractivity contribution >= 4 is 5.97 Å². The first-order chi connectivity index (χ1) is 14.4. The molecular formula is C23H31FO6. The minimum atomic E-state index is -0.866. The van der Waals surface area contributed by atoms with Crippen molar-refractivity contribution in [3.63, 3.8) is 0 Å². The zero-order chi connectivity index (χ0) is 21.5. The number of carboxylic acids is 1. The van der Waals surface area contributed by atoms with Crippen molar-refractivity contribution in [3.8, 4) is 5.75 Å². The van der Waals surface area contributed by atoms with Crippen LogP contribution in [0.4, 0.5) is 4.39 Å². The van der Waals surface area contributed by atoms with Crippen LogP contribution in [-0.4, -0.2) is 52.8 Å². The van der Waals surface area contributed by atoms with Gasteiger partial charge in [0.25, 0.3) is 0 Å². The number of fused-ring (bicyclic) bond motifs is 1. The molecule has 1 saturated heterocycles. The second kappa shape index (κ2) is 10.9. The van der Waals surface area contributed by atoms with E-state index in [2.05, 4.69) is 0 Å². The lowest BCUT2D eigenvalue weighted by atomic mass is 9.86. The Morgan fingerprint density at radius 3 is 2.97 bits per heavy atom. The lowest BCUT2D eigenvalue weighted by molar-refractivity contribution is -0.137. The van der Waals surface area contributed by atoms with Crippen LogP contribution in [0.5, 0.6) is 5.75 Å². The lowest BCUT2D eigenvalue weighted by Gasteiger charge is -2.21. The lowest BCUT2D eigenvalue weighted by Crippen LogP contribution is -2.22. The smallest absolute Gasteiger partial charge is 0.303 e. The van der Waals surface area contributed by atoms with Crippen molar-refractivity contribution in [1.29, 1.82) is 0 Å². The van der Waals surface area contributed by atoms with Crippen LogP contribution in [0.25, 0.3) is 0 Å². The molecule has 0 bridgehead atoms. The summed E-state index contributed by atoms with van der Waals surface area (Å²) in [5.74, 6) is -0.382. The number of rotatable bonds is 9. The van der Waals surface area contributed by atoms with Crippen LogP contribution in [0.2, 0.25) is 0 Å². The highest BCUT2D eigenvalue weighted by Gasteiger charge is 2.43. The van der Waals surface area contributed by atoms with Crippen molar-refractivity contribution in [2.45, 2.75) is 56.8 Å².